The molecule has 1 aromatic heterocycles. The summed E-state index contributed by atoms with van der Waals surface area (Å²) < 4.78 is 0. The number of rotatable bonds is 7. The van der Waals surface area contributed by atoms with Gasteiger partial charge in [0.2, 0.25) is 0 Å². The summed E-state index contributed by atoms with van der Waals surface area (Å²) in [7, 11) is 0. The summed E-state index contributed by atoms with van der Waals surface area (Å²) in [5, 5.41) is 10.3. The number of nitrogens with one attached hydrogen (secondary N) is 1. The molecule has 0 amide bonds. The van der Waals surface area contributed by atoms with Crippen LogP contribution in [0.15, 0.2) is 24.4 Å². The van der Waals surface area contributed by atoms with Crippen molar-refractivity contribution in [3.8, 4) is 0 Å². The van der Waals surface area contributed by atoms with E-state index in [9.17, 15) is 4.79 Å². The molecule has 0 fully saturated rings. The van der Waals surface area contributed by atoms with Crippen LogP contribution in [0.25, 0.3) is 10.9 Å². The van der Waals surface area contributed by atoms with Crippen LogP contribution in [0, 0.1) is 0 Å². The fourth-order valence-corrected chi connectivity index (χ4v) is 2.72. The SMILES string of the molecule is CCc1cccc2c(CN(CC(=O)O)C(C)CC)c[nH]c12. The Labute approximate surface area is 125 Å². The third-order valence-corrected chi connectivity index (χ3v) is 4.19. The number of para-hydroxylation sites is 1. The maximum atomic E-state index is 11.1. The zero-order valence-corrected chi connectivity index (χ0v) is 13.0. The average molecular weight is 288 g/mol. The number of nitrogens with zero attached hydrogens (tertiary/aromatic N) is 1. The lowest BCUT2D eigenvalue weighted by Gasteiger charge is -2.26. The number of hydrogen-bond donors (Lipinski definition) is 2. The molecule has 0 bridgehead atoms. The van der Waals surface area contributed by atoms with Crippen molar-refractivity contribution < 1.29 is 9.90 Å². The van der Waals surface area contributed by atoms with Crippen LogP contribution in [0.2, 0.25) is 0 Å². The summed E-state index contributed by atoms with van der Waals surface area (Å²) in [6, 6.07) is 6.56. The summed E-state index contributed by atoms with van der Waals surface area (Å²) in [6.45, 7) is 7.05. The monoisotopic (exact) mass is 288 g/mol. The van der Waals surface area contributed by atoms with Gasteiger partial charge < -0.3 is 10.1 Å². The number of benzene rings is 1. The molecule has 4 nitrogen and oxygen atoms in total. The fraction of sp³-hybridized carbons (Fsp3) is 0.471. The lowest BCUT2D eigenvalue weighted by Crippen LogP contribution is -2.36. The standard InChI is InChI=1S/C17H24N2O2/c1-4-12(3)19(11-16(20)21)10-14-9-18-17-13(5-2)7-6-8-15(14)17/h6-9,12,18H,4-5,10-11H2,1-3H3,(H,20,21). The molecule has 114 valence electrons. The zero-order valence-electron chi connectivity index (χ0n) is 13.0. The van der Waals surface area contributed by atoms with E-state index in [1.807, 2.05) is 11.1 Å². The van der Waals surface area contributed by atoms with Gasteiger partial charge in [-0.1, -0.05) is 32.0 Å². The summed E-state index contributed by atoms with van der Waals surface area (Å²) in [5.74, 6) is -0.774. The average Bonchev–Trinajstić information content (AvgIpc) is 2.88. The highest BCUT2D eigenvalue weighted by Crippen LogP contribution is 2.24. The number of carboxylic acid groups (broad SMARTS) is 1. The highest BCUT2D eigenvalue weighted by Gasteiger charge is 2.18. The summed E-state index contributed by atoms with van der Waals surface area (Å²) in [5.41, 5.74) is 3.64. The summed E-state index contributed by atoms with van der Waals surface area (Å²) >= 11 is 0. The molecule has 0 aliphatic heterocycles. The highest BCUT2D eigenvalue weighted by atomic mass is 16.4. The van der Waals surface area contributed by atoms with Crippen molar-refractivity contribution >= 4 is 16.9 Å². The molecule has 0 radical (unpaired) electrons. The fourth-order valence-electron chi connectivity index (χ4n) is 2.72. The third kappa shape index (κ3) is 3.45. The van der Waals surface area contributed by atoms with Crippen molar-refractivity contribution in [3.05, 3.63) is 35.5 Å². The second-order valence-electron chi connectivity index (χ2n) is 5.56. The molecule has 1 heterocycles. The topological polar surface area (TPSA) is 56.3 Å². The van der Waals surface area contributed by atoms with E-state index < -0.39 is 5.97 Å². The number of aryl methyl sites for hydroxylation is 1. The number of aliphatic carboxylic acids is 1. The van der Waals surface area contributed by atoms with E-state index in [1.165, 1.54) is 22.0 Å². The maximum absolute atomic E-state index is 11.1. The van der Waals surface area contributed by atoms with Crippen LogP contribution in [0.5, 0.6) is 0 Å². The normalized spacial score (nSPS) is 13.0. The first kappa shape index (κ1) is 15.6. The number of carbonyl (C=O) groups is 1. The van der Waals surface area contributed by atoms with Gasteiger partial charge in [0.1, 0.15) is 0 Å². The van der Waals surface area contributed by atoms with Crippen LogP contribution >= 0.6 is 0 Å². The minimum absolute atomic E-state index is 0.0785. The van der Waals surface area contributed by atoms with Gasteiger partial charge in [0.25, 0.3) is 0 Å². The first-order valence-electron chi connectivity index (χ1n) is 7.60. The van der Waals surface area contributed by atoms with Crippen molar-refractivity contribution in [2.45, 2.75) is 46.2 Å². The van der Waals surface area contributed by atoms with Crippen LogP contribution in [-0.2, 0) is 17.8 Å². The van der Waals surface area contributed by atoms with Crippen molar-refractivity contribution in [1.29, 1.82) is 0 Å². The number of aromatic nitrogens is 1. The largest absolute Gasteiger partial charge is 0.480 e. The Hall–Kier alpha value is -1.81. The van der Waals surface area contributed by atoms with Gasteiger partial charge in [0.15, 0.2) is 0 Å². The Morgan fingerprint density at radius 3 is 2.71 bits per heavy atom. The molecule has 0 saturated heterocycles. The molecule has 2 aromatic rings. The van der Waals surface area contributed by atoms with Gasteiger partial charge in [-0.15, -0.1) is 0 Å². The Morgan fingerprint density at radius 2 is 2.10 bits per heavy atom. The van der Waals surface area contributed by atoms with Crippen molar-refractivity contribution in [1.82, 2.24) is 9.88 Å². The lowest BCUT2D eigenvalue weighted by molar-refractivity contribution is -0.139. The van der Waals surface area contributed by atoms with Gasteiger partial charge in [-0.05, 0) is 30.9 Å². The molecule has 0 aliphatic rings. The van der Waals surface area contributed by atoms with Gasteiger partial charge in [-0.3, -0.25) is 9.69 Å². The minimum Gasteiger partial charge on any atom is -0.480 e. The molecule has 0 spiro atoms. The maximum Gasteiger partial charge on any atom is 0.317 e. The third-order valence-electron chi connectivity index (χ3n) is 4.19. The van der Waals surface area contributed by atoms with E-state index in [0.717, 1.165) is 12.8 Å². The molecule has 21 heavy (non-hydrogen) atoms. The van der Waals surface area contributed by atoms with Gasteiger partial charge >= 0.3 is 5.97 Å². The van der Waals surface area contributed by atoms with Crippen LogP contribution in [0.1, 0.15) is 38.3 Å². The number of H-pyrrole nitrogens is 1. The van der Waals surface area contributed by atoms with Crippen LogP contribution in [0.4, 0.5) is 0 Å². The Morgan fingerprint density at radius 1 is 1.33 bits per heavy atom. The number of fused-ring (bicyclic) bond motifs is 1. The first-order valence-corrected chi connectivity index (χ1v) is 7.60. The van der Waals surface area contributed by atoms with E-state index in [1.54, 1.807) is 0 Å². The zero-order chi connectivity index (χ0) is 15.4. The van der Waals surface area contributed by atoms with E-state index in [-0.39, 0.29) is 12.6 Å². The Balaban J connectivity index is 2.30. The summed E-state index contributed by atoms with van der Waals surface area (Å²) in [4.78, 5) is 16.4. The number of hydrogen-bond acceptors (Lipinski definition) is 2. The van der Waals surface area contributed by atoms with Gasteiger partial charge in [-0.25, -0.2) is 0 Å². The predicted molar refractivity (Wildman–Crippen MR) is 85.5 cm³/mol. The van der Waals surface area contributed by atoms with Crippen LogP contribution in [-0.4, -0.2) is 33.5 Å². The van der Waals surface area contributed by atoms with E-state index in [4.69, 9.17) is 5.11 Å². The molecule has 0 aliphatic carbocycles. The molecule has 1 aromatic carbocycles. The van der Waals surface area contributed by atoms with E-state index in [2.05, 4.69) is 44.0 Å². The van der Waals surface area contributed by atoms with Gasteiger partial charge in [-0.2, -0.15) is 0 Å². The van der Waals surface area contributed by atoms with Crippen LogP contribution < -0.4 is 0 Å². The van der Waals surface area contributed by atoms with Crippen LogP contribution in [0.3, 0.4) is 0 Å². The van der Waals surface area contributed by atoms with Crippen molar-refractivity contribution in [2.24, 2.45) is 0 Å². The molecule has 1 unspecified atom stereocenters. The molecule has 2 N–H and O–H groups in total. The number of carboxylic acids is 1. The van der Waals surface area contributed by atoms with Crippen molar-refractivity contribution in [2.75, 3.05) is 6.54 Å². The Kier molecular flexibility index (Phi) is 5.02. The molecular formula is C17H24N2O2. The van der Waals surface area contributed by atoms with Gasteiger partial charge in [0.05, 0.1) is 6.54 Å². The molecule has 0 saturated carbocycles. The molecule has 2 rings (SSSR count). The highest BCUT2D eigenvalue weighted by molar-refractivity contribution is 5.86. The second-order valence-corrected chi connectivity index (χ2v) is 5.56. The molecule has 1 atom stereocenters. The van der Waals surface area contributed by atoms with E-state index in [0.29, 0.717) is 6.54 Å². The first-order chi connectivity index (χ1) is 10.1. The van der Waals surface area contributed by atoms with Crippen molar-refractivity contribution in [3.63, 3.8) is 0 Å². The van der Waals surface area contributed by atoms with Gasteiger partial charge in [0, 0.05) is 29.7 Å². The number of aromatic amines is 1. The smallest absolute Gasteiger partial charge is 0.317 e. The molecule has 4 heteroatoms. The van der Waals surface area contributed by atoms with E-state index >= 15 is 0 Å². The minimum atomic E-state index is -0.774. The quantitative estimate of drug-likeness (QED) is 0.821. The predicted octanol–water partition coefficient (Wildman–Crippen LogP) is 3.42. The second kappa shape index (κ2) is 6.76. The molecular weight excluding hydrogens is 264 g/mol. The summed E-state index contributed by atoms with van der Waals surface area (Å²) in [6.07, 6.45) is 3.94. The lowest BCUT2D eigenvalue weighted by atomic mass is 10.1. The Bertz CT molecular complexity index is 618.